The van der Waals surface area contributed by atoms with Gasteiger partial charge in [-0.15, -0.1) is 0 Å². The first-order valence-corrected chi connectivity index (χ1v) is 6.67. The first-order valence-electron chi connectivity index (χ1n) is 6.29. The van der Waals surface area contributed by atoms with Crippen LogP contribution in [0.5, 0.6) is 0 Å². The van der Waals surface area contributed by atoms with Gasteiger partial charge in [-0.2, -0.15) is 0 Å². The van der Waals surface area contributed by atoms with Crippen LogP contribution in [0.3, 0.4) is 0 Å². The van der Waals surface area contributed by atoms with Crippen molar-refractivity contribution in [2.24, 2.45) is 0 Å². The number of furan rings is 1. The number of rotatable bonds is 6. The van der Waals surface area contributed by atoms with Gasteiger partial charge >= 0.3 is 5.97 Å². The summed E-state index contributed by atoms with van der Waals surface area (Å²) >= 11 is 5.84. The van der Waals surface area contributed by atoms with Crippen LogP contribution in [0.4, 0.5) is 0 Å². The molecule has 0 bridgehead atoms. The third-order valence-corrected chi connectivity index (χ3v) is 3.25. The largest absolute Gasteiger partial charge is 0.475 e. The summed E-state index contributed by atoms with van der Waals surface area (Å²) in [4.78, 5) is 12.8. The molecule has 0 saturated carbocycles. The van der Waals surface area contributed by atoms with Crippen LogP contribution in [0.25, 0.3) is 0 Å². The third kappa shape index (κ3) is 4.11. The Morgan fingerprint density at radius 3 is 2.55 bits per heavy atom. The molecular formula is C15H16ClNO3. The number of halogens is 1. The van der Waals surface area contributed by atoms with E-state index in [9.17, 15) is 4.79 Å². The molecule has 0 aliphatic carbocycles. The van der Waals surface area contributed by atoms with Crippen molar-refractivity contribution in [2.45, 2.75) is 13.0 Å². The van der Waals surface area contributed by atoms with Gasteiger partial charge in [0.15, 0.2) is 0 Å². The zero-order valence-corrected chi connectivity index (χ0v) is 11.9. The molecule has 0 fully saturated rings. The number of nitrogens with zero attached hydrogens (tertiary/aromatic N) is 1. The topological polar surface area (TPSA) is 53.7 Å². The van der Waals surface area contributed by atoms with Gasteiger partial charge in [0, 0.05) is 11.6 Å². The van der Waals surface area contributed by atoms with Gasteiger partial charge in [-0.05, 0) is 43.3 Å². The van der Waals surface area contributed by atoms with Crippen molar-refractivity contribution in [1.82, 2.24) is 4.90 Å². The molecule has 1 aromatic heterocycles. The van der Waals surface area contributed by atoms with E-state index in [2.05, 4.69) is 4.90 Å². The van der Waals surface area contributed by atoms with E-state index in [1.807, 2.05) is 31.3 Å². The van der Waals surface area contributed by atoms with Gasteiger partial charge in [0.25, 0.3) is 0 Å². The molecular weight excluding hydrogens is 278 g/mol. The first-order chi connectivity index (χ1) is 9.54. The highest BCUT2D eigenvalue weighted by atomic mass is 35.5. The van der Waals surface area contributed by atoms with Crippen LogP contribution in [0, 0.1) is 0 Å². The summed E-state index contributed by atoms with van der Waals surface area (Å²) in [6.45, 7) is 1.44. The Hall–Kier alpha value is -1.78. The monoisotopic (exact) mass is 293 g/mol. The SMILES string of the molecule is CN(CCc1ccc(Cl)cc1)Cc1ccc(C(=O)O)o1. The zero-order valence-electron chi connectivity index (χ0n) is 11.2. The van der Waals surface area contributed by atoms with Crippen LogP contribution in [-0.4, -0.2) is 29.6 Å². The fourth-order valence-electron chi connectivity index (χ4n) is 1.89. The molecule has 1 N–H and O–H groups in total. The molecule has 0 aliphatic heterocycles. The van der Waals surface area contributed by atoms with Gasteiger partial charge < -0.3 is 9.52 Å². The number of hydrogen-bond donors (Lipinski definition) is 1. The van der Waals surface area contributed by atoms with Crippen molar-refractivity contribution in [3.8, 4) is 0 Å². The van der Waals surface area contributed by atoms with E-state index in [1.54, 1.807) is 6.07 Å². The minimum atomic E-state index is -1.04. The van der Waals surface area contributed by atoms with E-state index >= 15 is 0 Å². The van der Waals surface area contributed by atoms with E-state index in [-0.39, 0.29) is 5.76 Å². The molecule has 5 heteroatoms. The number of carboxylic acids is 1. The number of hydrogen-bond acceptors (Lipinski definition) is 3. The van der Waals surface area contributed by atoms with Gasteiger partial charge in [0.05, 0.1) is 6.54 Å². The number of benzene rings is 1. The Labute approximate surface area is 122 Å². The van der Waals surface area contributed by atoms with Gasteiger partial charge in [0.2, 0.25) is 5.76 Å². The Morgan fingerprint density at radius 1 is 1.25 bits per heavy atom. The highest BCUT2D eigenvalue weighted by Crippen LogP contribution is 2.12. The second-order valence-corrected chi connectivity index (χ2v) is 5.12. The quantitative estimate of drug-likeness (QED) is 0.888. The van der Waals surface area contributed by atoms with Crippen LogP contribution in [0.2, 0.25) is 5.02 Å². The molecule has 0 atom stereocenters. The molecule has 2 rings (SSSR count). The number of aromatic carboxylic acids is 1. The average Bonchev–Trinajstić information content (AvgIpc) is 2.87. The van der Waals surface area contributed by atoms with Crippen LogP contribution in [0.1, 0.15) is 21.9 Å². The van der Waals surface area contributed by atoms with E-state index in [0.29, 0.717) is 12.3 Å². The predicted octanol–water partition coefficient (Wildman–Crippen LogP) is 3.31. The normalized spacial score (nSPS) is 10.9. The zero-order chi connectivity index (χ0) is 14.5. The summed E-state index contributed by atoms with van der Waals surface area (Å²) in [5, 5.41) is 9.52. The first kappa shape index (κ1) is 14.6. The lowest BCUT2D eigenvalue weighted by molar-refractivity contribution is 0.0659. The standard InChI is InChI=1S/C15H16ClNO3/c1-17(9-8-11-2-4-12(16)5-3-11)10-13-6-7-14(20-13)15(18)19/h2-7H,8-10H2,1H3,(H,18,19). The summed E-state index contributed by atoms with van der Waals surface area (Å²) in [5.74, 6) is -0.410. The van der Waals surface area contributed by atoms with Gasteiger partial charge in [-0.25, -0.2) is 4.79 Å². The summed E-state index contributed by atoms with van der Waals surface area (Å²) in [6, 6.07) is 10.9. The Balaban J connectivity index is 1.84. The summed E-state index contributed by atoms with van der Waals surface area (Å²) < 4.78 is 5.22. The molecule has 2 aromatic rings. The molecule has 0 spiro atoms. The van der Waals surface area contributed by atoms with Crippen LogP contribution in [0.15, 0.2) is 40.8 Å². The molecule has 0 saturated heterocycles. The molecule has 0 radical (unpaired) electrons. The number of carbonyl (C=O) groups is 1. The summed E-state index contributed by atoms with van der Waals surface area (Å²) in [6.07, 6.45) is 0.903. The van der Waals surface area contributed by atoms with Crippen molar-refractivity contribution in [3.63, 3.8) is 0 Å². The number of carboxylic acid groups (broad SMARTS) is 1. The van der Waals surface area contributed by atoms with E-state index in [4.69, 9.17) is 21.1 Å². The average molecular weight is 294 g/mol. The Bertz CT molecular complexity index is 577. The molecule has 0 unspecified atom stereocenters. The van der Waals surface area contributed by atoms with Crippen molar-refractivity contribution in [3.05, 3.63) is 58.5 Å². The molecule has 1 heterocycles. The fraction of sp³-hybridized carbons (Fsp3) is 0.267. The van der Waals surface area contributed by atoms with Crippen LogP contribution >= 0.6 is 11.6 Å². The van der Waals surface area contributed by atoms with Gasteiger partial charge in [-0.3, -0.25) is 4.90 Å². The van der Waals surface area contributed by atoms with Gasteiger partial charge in [0.1, 0.15) is 5.76 Å². The fourth-order valence-corrected chi connectivity index (χ4v) is 2.02. The Morgan fingerprint density at radius 2 is 1.95 bits per heavy atom. The minimum Gasteiger partial charge on any atom is -0.475 e. The van der Waals surface area contributed by atoms with Crippen molar-refractivity contribution >= 4 is 17.6 Å². The maximum Gasteiger partial charge on any atom is 0.371 e. The predicted molar refractivity (Wildman–Crippen MR) is 77.2 cm³/mol. The van der Waals surface area contributed by atoms with Crippen LogP contribution in [-0.2, 0) is 13.0 Å². The van der Waals surface area contributed by atoms with E-state index in [1.165, 1.54) is 11.6 Å². The summed E-state index contributed by atoms with van der Waals surface area (Å²) in [7, 11) is 1.97. The second kappa shape index (κ2) is 6.59. The maximum absolute atomic E-state index is 10.7. The molecule has 106 valence electrons. The van der Waals surface area contributed by atoms with Crippen molar-refractivity contribution in [1.29, 1.82) is 0 Å². The molecule has 4 nitrogen and oxygen atoms in total. The molecule has 0 amide bonds. The Kier molecular flexibility index (Phi) is 4.82. The van der Waals surface area contributed by atoms with Crippen molar-refractivity contribution < 1.29 is 14.3 Å². The van der Waals surface area contributed by atoms with E-state index in [0.717, 1.165) is 18.0 Å². The molecule has 0 aliphatic rings. The van der Waals surface area contributed by atoms with Gasteiger partial charge in [-0.1, -0.05) is 23.7 Å². The van der Waals surface area contributed by atoms with E-state index < -0.39 is 5.97 Å². The molecule has 20 heavy (non-hydrogen) atoms. The lowest BCUT2D eigenvalue weighted by Crippen LogP contribution is -2.20. The lowest BCUT2D eigenvalue weighted by atomic mass is 10.1. The van der Waals surface area contributed by atoms with Crippen LogP contribution < -0.4 is 0 Å². The lowest BCUT2D eigenvalue weighted by Gasteiger charge is -2.14. The number of likely N-dealkylation sites (N-methyl/N-ethyl adjacent to an activating group) is 1. The third-order valence-electron chi connectivity index (χ3n) is 2.99. The highest BCUT2D eigenvalue weighted by Gasteiger charge is 2.10. The second-order valence-electron chi connectivity index (χ2n) is 4.69. The maximum atomic E-state index is 10.7. The van der Waals surface area contributed by atoms with Crippen molar-refractivity contribution in [2.75, 3.05) is 13.6 Å². The summed E-state index contributed by atoms with van der Waals surface area (Å²) in [5.41, 5.74) is 1.21. The smallest absolute Gasteiger partial charge is 0.371 e. The highest BCUT2D eigenvalue weighted by molar-refractivity contribution is 6.30. The molecule has 1 aromatic carbocycles. The minimum absolute atomic E-state index is 0.0221.